The van der Waals surface area contributed by atoms with Crippen molar-refractivity contribution in [2.75, 3.05) is 26.4 Å². The minimum Gasteiger partial charge on any atom is -0.479 e. The zero-order valence-electron chi connectivity index (χ0n) is 38.8. The van der Waals surface area contributed by atoms with Gasteiger partial charge >= 0.3 is 5.97 Å². The molecule has 6 aliphatic heterocycles. The van der Waals surface area contributed by atoms with Crippen LogP contribution in [0.1, 0.15) is 40.0 Å². The molecule has 6 fully saturated rings. The van der Waals surface area contributed by atoms with Crippen LogP contribution in [-0.4, -0.2) is 298 Å². The van der Waals surface area contributed by atoms with Crippen molar-refractivity contribution in [3.05, 3.63) is 0 Å². The molecule has 0 bridgehead atoms. The van der Waals surface area contributed by atoms with E-state index >= 15 is 0 Å². The Balaban J connectivity index is 1.27. The second kappa shape index (κ2) is 25.5. The van der Waals surface area contributed by atoms with E-state index in [9.17, 15) is 86.5 Å². The SMILES string of the molecule is CC1O[C@H](O[C@@H]2C(CO)O[C@@H](O[C@@H]3C(O[C@H]4OC(CO[C@H]5OC(C(=O)O)[C@@H](O)C(O)[C@@H]5O)[C@@H](O)C(O)[C@@H]4O)[C@H](O[C@@H]4C(O)[C@H](OCCCCCN)OC(C)[C@@H]4O)OC(C)[C@@H]3O)[C@@H](O)C2O)C(O)[C@@H](O)[C@H]1O. The van der Waals surface area contributed by atoms with Gasteiger partial charge in [0.15, 0.2) is 43.8 Å². The van der Waals surface area contributed by atoms with E-state index in [0.717, 1.165) is 0 Å². The van der Waals surface area contributed by atoms with E-state index < -0.39 is 203 Å². The number of ether oxygens (including phenoxy) is 12. The number of rotatable bonds is 19. The molecule has 414 valence electrons. The molecule has 6 rings (SSSR count). The molecule has 0 aromatic rings. The molecule has 6 heterocycles. The van der Waals surface area contributed by atoms with Gasteiger partial charge in [-0.15, -0.1) is 0 Å². The van der Waals surface area contributed by atoms with Gasteiger partial charge in [0.2, 0.25) is 0 Å². The number of nitrogens with two attached hydrogens (primary N) is 1. The van der Waals surface area contributed by atoms with Crippen LogP contribution in [0.3, 0.4) is 0 Å². The van der Waals surface area contributed by atoms with Gasteiger partial charge in [-0.2, -0.15) is 0 Å². The van der Waals surface area contributed by atoms with Gasteiger partial charge in [0, 0.05) is 6.61 Å². The summed E-state index contributed by atoms with van der Waals surface area (Å²) in [5.74, 6) is -1.74. The number of carboxylic acid groups (broad SMARTS) is 1. The first-order valence-electron chi connectivity index (χ1n) is 23.4. The van der Waals surface area contributed by atoms with Crippen LogP contribution < -0.4 is 5.73 Å². The Hall–Kier alpha value is -1.65. The molecule has 0 radical (unpaired) electrons. The maximum atomic E-state index is 11.7. The lowest BCUT2D eigenvalue weighted by molar-refractivity contribution is -0.408. The fourth-order valence-corrected chi connectivity index (χ4v) is 8.94. The Labute approximate surface area is 405 Å². The van der Waals surface area contributed by atoms with Crippen molar-refractivity contribution in [2.24, 2.45) is 5.73 Å². The summed E-state index contributed by atoms with van der Waals surface area (Å²) in [7, 11) is 0. The summed E-state index contributed by atoms with van der Waals surface area (Å²) in [6.07, 6.45) is -52.8. The monoisotopic (exact) mass is 1040 g/mol. The van der Waals surface area contributed by atoms with Crippen molar-refractivity contribution in [2.45, 2.75) is 224 Å². The number of hydrogen-bond donors (Lipinski definition) is 17. The maximum Gasteiger partial charge on any atom is 0.335 e. The van der Waals surface area contributed by atoms with Crippen molar-refractivity contribution in [1.29, 1.82) is 0 Å². The van der Waals surface area contributed by atoms with Crippen LogP contribution in [0.4, 0.5) is 0 Å². The molecule has 0 aromatic heterocycles. The summed E-state index contributed by atoms with van der Waals surface area (Å²) < 4.78 is 69.3. The quantitative estimate of drug-likeness (QED) is 0.0534. The zero-order chi connectivity index (χ0) is 52.3. The molecule has 30 atom stereocenters. The van der Waals surface area contributed by atoms with Gasteiger partial charge in [0.25, 0.3) is 0 Å². The fraction of sp³-hybridized carbons (Fsp3) is 0.976. The van der Waals surface area contributed by atoms with Gasteiger partial charge in [-0.05, 0) is 46.6 Å². The fourth-order valence-electron chi connectivity index (χ4n) is 8.94. The molecule has 0 amide bonds. The molecule has 6 aliphatic rings. The van der Waals surface area contributed by atoms with Crippen molar-refractivity contribution >= 4 is 5.97 Å². The summed E-state index contributed by atoms with van der Waals surface area (Å²) in [5.41, 5.74) is 5.58. The Morgan fingerprint density at radius 3 is 1.51 bits per heavy atom. The lowest BCUT2D eigenvalue weighted by atomic mass is 9.95. The summed E-state index contributed by atoms with van der Waals surface area (Å²) in [6.45, 7) is 2.80. The largest absolute Gasteiger partial charge is 0.479 e. The minimum absolute atomic E-state index is 0.0985. The van der Waals surface area contributed by atoms with Crippen LogP contribution in [0.25, 0.3) is 0 Å². The van der Waals surface area contributed by atoms with Gasteiger partial charge in [0.1, 0.15) is 122 Å². The van der Waals surface area contributed by atoms with E-state index in [0.29, 0.717) is 25.8 Å². The molecular weight excluding hydrogens is 970 g/mol. The van der Waals surface area contributed by atoms with E-state index in [-0.39, 0.29) is 6.61 Å². The number of aliphatic hydroxyl groups excluding tert-OH is 15. The topological polar surface area (TPSA) is 478 Å². The van der Waals surface area contributed by atoms with E-state index in [1.165, 1.54) is 20.8 Å². The molecule has 18 N–H and O–H groups in total. The summed E-state index contributed by atoms with van der Waals surface area (Å²) in [6, 6.07) is 0. The van der Waals surface area contributed by atoms with Gasteiger partial charge in [-0.25, -0.2) is 4.79 Å². The highest BCUT2D eigenvalue weighted by Crippen LogP contribution is 2.37. The average molecular weight is 1040 g/mol. The number of aliphatic hydroxyl groups is 15. The third-order valence-corrected chi connectivity index (χ3v) is 13.4. The average Bonchev–Trinajstić information content (AvgIpc) is 3.33. The van der Waals surface area contributed by atoms with Gasteiger partial charge in [-0.1, -0.05) is 0 Å². The minimum atomic E-state index is -2.20. The number of carboxylic acids is 1. The molecule has 30 nitrogen and oxygen atoms in total. The van der Waals surface area contributed by atoms with Crippen molar-refractivity contribution < 1.29 is 143 Å². The first kappa shape index (κ1) is 58.6. The Morgan fingerprint density at radius 1 is 0.423 bits per heavy atom. The molecule has 71 heavy (non-hydrogen) atoms. The second-order valence-electron chi connectivity index (χ2n) is 18.5. The molecule has 6 saturated heterocycles. The Morgan fingerprint density at radius 2 is 0.887 bits per heavy atom. The second-order valence-corrected chi connectivity index (χ2v) is 18.5. The Bertz CT molecular complexity index is 1640. The smallest absolute Gasteiger partial charge is 0.335 e. The van der Waals surface area contributed by atoms with E-state index in [4.69, 9.17) is 62.6 Å². The van der Waals surface area contributed by atoms with E-state index in [2.05, 4.69) is 0 Å². The van der Waals surface area contributed by atoms with E-state index in [1.54, 1.807) is 0 Å². The third-order valence-electron chi connectivity index (χ3n) is 13.4. The maximum absolute atomic E-state index is 11.7. The summed E-state index contributed by atoms with van der Waals surface area (Å²) >= 11 is 0. The number of carbonyl (C=O) groups is 1. The molecule has 0 spiro atoms. The van der Waals surface area contributed by atoms with Gasteiger partial charge in [-0.3, -0.25) is 0 Å². The van der Waals surface area contributed by atoms with Crippen molar-refractivity contribution in [3.8, 4) is 0 Å². The molecule has 0 aliphatic carbocycles. The first-order chi connectivity index (χ1) is 33.5. The Kier molecular flexibility index (Phi) is 21.0. The highest BCUT2D eigenvalue weighted by molar-refractivity contribution is 5.73. The summed E-state index contributed by atoms with van der Waals surface area (Å²) in [5, 5.41) is 172. The number of unbranched alkanes of at least 4 members (excludes halogenated alkanes) is 2. The van der Waals surface area contributed by atoms with E-state index in [1.807, 2.05) is 0 Å². The van der Waals surface area contributed by atoms with Crippen LogP contribution in [0.15, 0.2) is 0 Å². The summed E-state index contributed by atoms with van der Waals surface area (Å²) in [4.78, 5) is 11.7. The standard InChI is InChI=1S/C41H71NO29/c1-11-16(44)20(48)26(54)38(63-11)67-30-14(9-43)65-40(28(56)24(30)52)69-32-18(46)13(3)64-41(68-31-17(45)12(2)62-37(29(31)57)60-8-6-4-5-7-42)34(32)71-39-27(55)21(49)19(47)15(66-39)10-61-36-25(53)22(50)23(51)33(70-36)35(58)59/h11-34,36-41,43-57H,4-10,42H2,1-3H3,(H,58,59)/t11?,12?,13?,14?,15?,16-,17-,18-,19+,20-,21?,22?,23-,24?,25-,26?,27-,28-,29?,30+,31-,32-,33?,34?,36-,37+,38+,39+,40-,41-/m0/s1. The highest BCUT2D eigenvalue weighted by atomic mass is 16.8. The van der Waals surface area contributed by atoms with Crippen molar-refractivity contribution in [3.63, 3.8) is 0 Å². The lowest BCUT2D eigenvalue weighted by Gasteiger charge is -2.51. The van der Waals surface area contributed by atoms with Crippen LogP contribution in [0.5, 0.6) is 0 Å². The highest BCUT2D eigenvalue weighted by Gasteiger charge is 2.57. The predicted octanol–water partition coefficient (Wildman–Crippen LogP) is -9.77. The third kappa shape index (κ3) is 13.0. The van der Waals surface area contributed by atoms with Crippen molar-refractivity contribution in [1.82, 2.24) is 0 Å². The van der Waals surface area contributed by atoms with Gasteiger partial charge < -0.3 is 144 Å². The molecule has 0 aromatic carbocycles. The van der Waals surface area contributed by atoms with Crippen LogP contribution in [0.2, 0.25) is 0 Å². The van der Waals surface area contributed by atoms with Crippen LogP contribution in [0, 0.1) is 0 Å². The molecule has 12 unspecified atom stereocenters. The zero-order valence-corrected chi connectivity index (χ0v) is 38.8. The van der Waals surface area contributed by atoms with Crippen LogP contribution in [-0.2, 0) is 61.6 Å². The molecule has 0 saturated carbocycles. The predicted molar refractivity (Wildman–Crippen MR) is 222 cm³/mol. The first-order valence-corrected chi connectivity index (χ1v) is 23.4. The molecular formula is C41H71NO29. The normalized spacial score (nSPS) is 51.0. The van der Waals surface area contributed by atoms with Gasteiger partial charge in [0.05, 0.1) is 31.5 Å². The van der Waals surface area contributed by atoms with Crippen LogP contribution >= 0.6 is 0 Å². The number of aliphatic carboxylic acids is 1. The number of hydrogen-bond acceptors (Lipinski definition) is 29. The molecule has 30 heteroatoms. The lowest BCUT2D eigenvalue weighted by Crippen LogP contribution is -2.68.